The molecule has 1 aromatic carbocycles. The van der Waals surface area contributed by atoms with Crippen molar-refractivity contribution in [2.24, 2.45) is 0 Å². The molecule has 154 valence electrons. The highest BCUT2D eigenvalue weighted by Crippen LogP contribution is 2.26. The lowest BCUT2D eigenvalue weighted by molar-refractivity contribution is 0.102. The zero-order valence-electron chi connectivity index (χ0n) is 17.2. The third-order valence-corrected chi connectivity index (χ3v) is 5.87. The highest BCUT2D eigenvalue weighted by molar-refractivity contribution is 7.89. The molecule has 0 unspecified atom stereocenters. The maximum absolute atomic E-state index is 12.8. The molecule has 0 aliphatic heterocycles. The second-order valence-corrected chi connectivity index (χ2v) is 10.8. The lowest BCUT2D eigenvalue weighted by atomic mass is 10.1. The number of carbonyl (C=O) groups excluding carboxylic acids is 1. The second kappa shape index (κ2) is 7.50. The van der Waals surface area contributed by atoms with Gasteiger partial charge >= 0.3 is 0 Å². The Hall–Kier alpha value is -1.90. The lowest BCUT2D eigenvalue weighted by Crippen LogP contribution is -2.40. The molecule has 9 heteroatoms. The van der Waals surface area contributed by atoms with Crippen LogP contribution in [0.25, 0.3) is 0 Å². The molecule has 0 saturated heterocycles. The number of carbonyl (C=O) groups is 1. The van der Waals surface area contributed by atoms with Crippen molar-refractivity contribution >= 4 is 33.3 Å². The van der Waals surface area contributed by atoms with Gasteiger partial charge in [0.05, 0.1) is 16.3 Å². The van der Waals surface area contributed by atoms with E-state index in [0.29, 0.717) is 5.82 Å². The molecule has 7 nitrogen and oxygen atoms in total. The van der Waals surface area contributed by atoms with Crippen molar-refractivity contribution in [1.29, 1.82) is 0 Å². The minimum absolute atomic E-state index is 0.0453. The number of aromatic nitrogens is 2. The summed E-state index contributed by atoms with van der Waals surface area (Å²) < 4.78 is 29.6. The zero-order valence-corrected chi connectivity index (χ0v) is 18.8. The van der Waals surface area contributed by atoms with Gasteiger partial charge in [-0.25, -0.2) is 17.8 Å². The number of benzene rings is 1. The van der Waals surface area contributed by atoms with Crippen LogP contribution in [0.15, 0.2) is 29.2 Å². The Morgan fingerprint density at radius 1 is 1.11 bits per heavy atom. The molecule has 1 heterocycles. The number of nitrogens with one attached hydrogen (secondary N) is 2. The van der Waals surface area contributed by atoms with Gasteiger partial charge in [-0.05, 0) is 66.7 Å². The molecule has 0 bridgehead atoms. The van der Waals surface area contributed by atoms with Crippen LogP contribution in [0.5, 0.6) is 0 Å². The Kier molecular flexibility index (Phi) is 5.99. The number of amides is 1. The van der Waals surface area contributed by atoms with Gasteiger partial charge in [0.15, 0.2) is 0 Å². The molecule has 0 radical (unpaired) electrons. The molecule has 2 aromatic rings. The van der Waals surface area contributed by atoms with Gasteiger partial charge in [-0.3, -0.25) is 4.79 Å². The quantitative estimate of drug-likeness (QED) is 0.774. The summed E-state index contributed by atoms with van der Waals surface area (Å²) in [6.45, 7) is 12.9. The molecule has 0 fully saturated rings. The van der Waals surface area contributed by atoms with Gasteiger partial charge in [0.25, 0.3) is 5.91 Å². The maximum atomic E-state index is 12.8. The first kappa shape index (κ1) is 22.4. The van der Waals surface area contributed by atoms with Crippen LogP contribution in [0.1, 0.15) is 57.6 Å². The predicted octanol–water partition coefficient (Wildman–Crippen LogP) is 3.93. The largest absolute Gasteiger partial charge is 0.307 e. The van der Waals surface area contributed by atoms with Crippen LogP contribution in [0.2, 0.25) is 5.02 Å². The predicted molar refractivity (Wildman–Crippen MR) is 111 cm³/mol. The summed E-state index contributed by atoms with van der Waals surface area (Å²) in [4.78, 5) is 12.6. The molecule has 0 aliphatic rings. The Labute approximate surface area is 171 Å². The first-order chi connectivity index (χ1) is 12.6. The first-order valence-corrected chi connectivity index (χ1v) is 10.7. The molecule has 2 rings (SSSR count). The number of hydrogen-bond acceptors (Lipinski definition) is 4. The second-order valence-electron chi connectivity index (χ2n) is 8.71. The monoisotopic (exact) mass is 426 g/mol. The third kappa shape index (κ3) is 5.33. The SMILES string of the molecule is Cc1cc(NC(=O)c2ccc(Cl)c(S(=O)(=O)NC(C)(C)C)c2)n(C(C)(C)C)n1. The summed E-state index contributed by atoms with van der Waals surface area (Å²) in [7, 11) is -3.88. The Balaban J connectivity index is 2.39. The van der Waals surface area contributed by atoms with Gasteiger partial charge in [-0.2, -0.15) is 5.10 Å². The van der Waals surface area contributed by atoms with Crippen molar-refractivity contribution in [3.05, 3.63) is 40.5 Å². The van der Waals surface area contributed by atoms with Crippen LogP contribution in [0.4, 0.5) is 5.82 Å². The molecule has 0 spiro atoms. The van der Waals surface area contributed by atoms with Crippen LogP contribution in [-0.4, -0.2) is 29.6 Å². The van der Waals surface area contributed by atoms with Gasteiger partial charge in [-0.15, -0.1) is 0 Å². The summed E-state index contributed by atoms with van der Waals surface area (Å²) in [5, 5.41) is 7.26. The Bertz CT molecular complexity index is 999. The summed E-state index contributed by atoms with van der Waals surface area (Å²) in [5.74, 6) is 0.0800. The van der Waals surface area contributed by atoms with Gasteiger partial charge in [0.1, 0.15) is 10.7 Å². The number of sulfonamides is 1. The van der Waals surface area contributed by atoms with Crippen LogP contribution in [0.3, 0.4) is 0 Å². The highest BCUT2D eigenvalue weighted by atomic mass is 35.5. The van der Waals surface area contributed by atoms with Crippen LogP contribution < -0.4 is 10.0 Å². The molecule has 2 N–H and O–H groups in total. The van der Waals surface area contributed by atoms with Gasteiger partial charge in [0, 0.05) is 17.2 Å². The first-order valence-electron chi connectivity index (χ1n) is 8.82. The summed E-state index contributed by atoms with van der Waals surface area (Å²) in [5.41, 5.74) is -0.0731. The molecular formula is C19H27ClN4O3S. The van der Waals surface area contributed by atoms with Crippen LogP contribution in [0, 0.1) is 6.92 Å². The lowest BCUT2D eigenvalue weighted by Gasteiger charge is -2.22. The Morgan fingerprint density at radius 2 is 1.71 bits per heavy atom. The van der Waals surface area contributed by atoms with E-state index in [2.05, 4.69) is 15.1 Å². The molecular weight excluding hydrogens is 400 g/mol. The molecule has 0 atom stereocenters. The number of rotatable bonds is 4. The van der Waals surface area contributed by atoms with Crippen LogP contribution in [-0.2, 0) is 15.6 Å². The van der Waals surface area contributed by atoms with Gasteiger partial charge in [0.2, 0.25) is 10.0 Å². The summed E-state index contributed by atoms with van der Waals surface area (Å²) >= 11 is 6.10. The van der Waals surface area contributed by atoms with Crippen molar-refractivity contribution in [2.75, 3.05) is 5.32 Å². The van der Waals surface area contributed by atoms with E-state index in [1.807, 2.05) is 27.7 Å². The van der Waals surface area contributed by atoms with Gasteiger partial charge in [-0.1, -0.05) is 11.6 Å². The smallest absolute Gasteiger partial charge is 0.256 e. The van der Waals surface area contributed by atoms with E-state index in [0.717, 1.165) is 5.69 Å². The van der Waals surface area contributed by atoms with E-state index >= 15 is 0 Å². The fraction of sp³-hybridized carbons (Fsp3) is 0.474. The van der Waals surface area contributed by atoms with E-state index in [9.17, 15) is 13.2 Å². The minimum atomic E-state index is -3.88. The number of aryl methyl sites for hydroxylation is 1. The molecule has 1 aromatic heterocycles. The van der Waals surface area contributed by atoms with Crippen molar-refractivity contribution in [2.45, 2.75) is 64.4 Å². The van der Waals surface area contributed by atoms with Crippen molar-refractivity contribution < 1.29 is 13.2 Å². The van der Waals surface area contributed by atoms with Crippen LogP contribution >= 0.6 is 11.6 Å². The molecule has 1 amide bonds. The molecule has 0 saturated carbocycles. The zero-order chi connectivity index (χ0) is 21.5. The number of nitrogens with zero attached hydrogens (tertiary/aromatic N) is 2. The average molecular weight is 427 g/mol. The van der Waals surface area contributed by atoms with E-state index < -0.39 is 21.5 Å². The fourth-order valence-corrected chi connectivity index (χ4v) is 4.54. The van der Waals surface area contributed by atoms with Gasteiger partial charge < -0.3 is 5.32 Å². The van der Waals surface area contributed by atoms with Crippen molar-refractivity contribution in [1.82, 2.24) is 14.5 Å². The van der Waals surface area contributed by atoms with Crippen molar-refractivity contribution in [3.63, 3.8) is 0 Å². The summed E-state index contributed by atoms with van der Waals surface area (Å²) in [6, 6.07) is 5.92. The number of halogens is 1. The van der Waals surface area contributed by atoms with E-state index in [1.54, 1.807) is 31.5 Å². The number of anilines is 1. The topological polar surface area (TPSA) is 93.1 Å². The third-order valence-electron chi connectivity index (χ3n) is 3.63. The van der Waals surface area contributed by atoms with Crippen molar-refractivity contribution in [3.8, 4) is 0 Å². The fourth-order valence-electron chi connectivity index (χ4n) is 2.60. The van der Waals surface area contributed by atoms with E-state index in [1.165, 1.54) is 18.2 Å². The summed E-state index contributed by atoms with van der Waals surface area (Å²) in [6.07, 6.45) is 0. The maximum Gasteiger partial charge on any atom is 0.256 e. The molecule has 28 heavy (non-hydrogen) atoms. The van der Waals surface area contributed by atoms with E-state index in [4.69, 9.17) is 11.6 Å². The normalized spacial score (nSPS) is 12.9. The van der Waals surface area contributed by atoms with E-state index in [-0.39, 0.29) is 21.0 Å². The average Bonchev–Trinajstić information content (AvgIpc) is 2.85. The number of hydrogen-bond donors (Lipinski definition) is 2. The highest BCUT2D eigenvalue weighted by Gasteiger charge is 2.26. The standard InChI is InChI=1S/C19H27ClN4O3S/c1-12-10-16(24(22-12)19(5,6)7)21-17(25)13-8-9-14(20)15(11-13)28(26,27)23-18(2,3)4/h8-11,23H,1-7H3,(H,21,25). The Morgan fingerprint density at radius 3 is 2.25 bits per heavy atom. The molecule has 0 aliphatic carbocycles. The minimum Gasteiger partial charge on any atom is -0.307 e.